The van der Waals surface area contributed by atoms with E-state index in [2.05, 4.69) is 0 Å². The van der Waals surface area contributed by atoms with E-state index < -0.39 is 29.9 Å². The van der Waals surface area contributed by atoms with Gasteiger partial charge in [-0.2, -0.15) is 0 Å². The van der Waals surface area contributed by atoms with Crippen LogP contribution in [-0.2, 0) is 19.0 Å². The van der Waals surface area contributed by atoms with Gasteiger partial charge in [-0.25, -0.2) is 0 Å². The van der Waals surface area contributed by atoms with Crippen LogP contribution in [0.1, 0.15) is 13.8 Å². The molecule has 0 aromatic rings. The average molecular weight is 218 g/mol. The van der Waals surface area contributed by atoms with Crippen LogP contribution in [0, 0.1) is 0 Å². The Morgan fingerprint density at radius 2 is 2.07 bits per heavy atom. The van der Waals surface area contributed by atoms with Gasteiger partial charge in [-0.05, 0) is 13.8 Å². The van der Waals surface area contributed by atoms with Crippen molar-refractivity contribution >= 4 is 6.29 Å². The maximum Gasteiger partial charge on any atom is 0.258 e. The molecule has 2 rings (SSSR count). The number of ether oxygens (including phenoxy) is 3. The summed E-state index contributed by atoms with van der Waals surface area (Å²) in [5.41, 5.74) is 0. The molecule has 2 fully saturated rings. The summed E-state index contributed by atoms with van der Waals surface area (Å²) < 4.78 is 15.9. The van der Waals surface area contributed by atoms with Gasteiger partial charge in [-0.1, -0.05) is 0 Å². The number of aldehydes is 1. The standard InChI is InChI=1S/C9H14O6/c1-8(2)14-7-6(12)5(3-10)13-9(7,4-11)15-8/h4-7,10,12H,3H2,1-2H3/t5-,6+,7-,9-/m0/s1. The van der Waals surface area contributed by atoms with Crippen LogP contribution in [0.2, 0.25) is 0 Å². The predicted octanol–water partition coefficient (Wildman–Crippen LogP) is -1.21. The van der Waals surface area contributed by atoms with Gasteiger partial charge in [-0.15, -0.1) is 0 Å². The summed E-state index contributed by atoms with van der Waals surface area (Å²) in [6.45, 7) is 2.86. The number of aliphatic hydroxyl groups excluding tert-OH is 2. The van der Waals surface area contributed by atoms with Crippen LogP contribution in [-0.4, -0.2) is 53.0 Å². The SMILES string of the molecule is CC1(C)O[C@H]2[C@H](O)[C@H](CO)O[C@@]2(C=O)O1. The highest BCUT2D eigenvalue weighted by Crippen LogP contribution is 2.43. The van der Waals surface area contributed by atoms with Gasteiger partial charge in [0.15, 0.2) is 18.2 Å². The van der Waals surface area contributed by atoms with Crippen LogP contribution in [0.4, 0.5) is 0 Å². The molecule has 0 spiro atoms. The normalized spacial score (nSPS) is 47.9. The molecule has 0 unspecified atom stereocenters. The van der Waals surface area contributed by atoms with Crippen molar-refractivity contribution in [1.82, 2.24) is 0 Å². The maximum atomic E-state index is 11.0. The molecule has 15 heavy (non-hydrogen) atoms. The molecule has 0 amide bonds. The predicted molar refractivity (Wildman–Crippen MR) is 46.8 cm³/mol. The number of aliphatic hydroxyl groups is 2. The van der Waals surface area contributed by atoms with Crippen molar-refractivity contribution in [2.24, 2.45) is 0 Å². The van der Waals surface area contributed by atoms with Gasteiger partial charge in [0.1, 0.15) is 12.2 Å². The Hall–Kier alpha value is -0.530. The fraction of sp³-hybridized carbons (Fsp3) is 0.889. The summed E-state index contributed by atoms with van der Waals surface area (Å²) in [5.74, 6) is -2.57. The van der Waals surface area contributed by atoms with Crippen LogP contribution >= 0.6 is 0 Å². The summed E-state index contributed by atoms with van der Waals surface area (Å²) in [6.07, 6.45) is -2.34. The van der Waals surface area contributed by atoms with Crippen molar-refractivity contribution in [2.45, 2.75) is 43.7 Å². The second kappa shape index (κ2) is 3.23. The van der Waals surface area contributed by atoms with Crippen LogP contribution in [0.15, 0.2) is 0 Å². The number of hydrogen-bond donors (Lipinski definition) is 2. The molecule has 0 radical (unpaired) electrons. The zero-order valence-corrected chi connectivity index (χ0v) is 8.54. The minimum atomic E-state index is -1.59. The molecule has 2 aliphatic heterocycles. The first-order valence-corrected chi connectivity index (χ1v) is 4.75. The monoisotopic (exact) mass is 218 g/mol. The Labute approximate surface area is 86.7 Å². The number of rotatable bonds is 2. The Kier molecular flexibility index (Phi) is 2.36. The highest BCUT2D eigenvalue weighted by atomic mass is 16.9. The average Bonchev–Trinajstić information content (AvgIpc) is 2.58. The highest BCUT2D eigenvalue weighted by molar-refractivity contribution is 5.63. The number of hydrogen-bond acceptors (Lipinski definition) is 6. The smallest absolute Gasteiger partial charge is 0.258 e. The van der Waals surface area contributed by atoms with E-state index in [0.717, 1.165) is 0 Å². The fourth-order valence-electron chi connectivity index (χ4n) is 2.02. The number of carbonyl (C=O) groups excluding carboxylic acids is 1. The van der Waals surface area contributed by atoms with Crippen LogP contribution < -0.4 is 0 Å². The van der Waals surface area contributed by atoms with Gasteiger partial charge in [-0.3, -0.25) is 4.79 Å². The first-order valence-electron chi connectivity index (χ1n) is 4.75. The Morgan fingerprint density at radius 3 is 2.53 bits per heavy atom. The van der Waals surface area contributed by atoms with E-state index in [0.29, 0.717) is 6.29 Å². The summed E-state index contributed by atoms with van der Waals surface area (Å²) in [7, 11) is 0. The molecule has 2 aliphatic rings. The third kappa shape index (κ3) is 1.49. The molecular formula is C9H14O6. The van der Waals surface area contributed by atoms with Crippen molar-refractivity contribution in [3.8, 4) is 0 Å². The molecule has 2 N–H and O–H groups in total. The molecule has 0 bridgehead atoms. The third-order valence-electron chi connectivity index (χ3n) is 2.58. The lowest BCUT2D eigenvalue weighted by Gasteiger charge is -2.23. The van der Waals surface area contributed by atoms with E-state index in [9.17, 15) is 9.90 Å². The molecule has 0 aromatic heterocycles. The highest BCUT2D eigenvalue weighted by Gasteiger charge is 2.64. The summed E-state index contributed by atoms with van der Waals surface area (Å²) >= 11 is 0. The van der Waals surface area contributed by atoms with E-state index in [1.54, 1.807) is 13.8 Å². The zero-order chi connectivity index (χ0) is 11.3. The van der Waals surface area contributed by atoms with E-state index in [1.165, 1.54) is 0 Å². The second-order valence-corrected chi connectivity index (χ2v) is 4.21. The van der Waals surface area contributed by atoms with E-state index in [4.69, 9.17) is 19.3 Å². The summed E-state index contributed by atoms with van der Waals surface area (Å²) in [4.78, 5) is 11.0. The largest absolute Gasteiger partial charge is 0.394 e. The molecule has 6 heteroatoms. The van der Waals surface area contributed by atoms with Crippen molar-refractivity contribution < 1.29 is 29.2 Å². The maximum absolute atomic E-state index is 11.0. The Bertz CT molecular complexity index is 278. The lowest BCUT2D eigenvalue weighted by atomic mass is 10.1. The van der Waals surface area contributed by atoms with Crippen LogP contribution in [0.25, 0.3) is 0 Å². The Balaban J connectivity index is 2.28. The fourth-order valence-corrected chi connectivity index (χ4v) is 2.02. The molecule has 2 heterocycles. The number of carbonyl (C=O) groups is 1. The van der Waals surface area contributed by atoms with Crippen LogP contribution in [0.3, 0.4) is 0 Å². The van der Waals surface area contributed by atoms with Gasteiger partial charge >= 0.3 is 0 Å². The Morgan fingerprint density at radius 1 is 1.40 bits per heavy atom. The van der Waals surface area contributed by atoms with E-state index >= 15 is 0 Å². The minimum Gasteiger partial charge on any atom is -0.394 e. The molecule has 0 aliphatic carbocycles. The van der Waals surface area contributed by atoms with Crippen molar-refractivity contribution in [3.05, 3.63) is 0 Å². The molecule has 6 nitrogen and oxygen atoms in total. The summed E-state index contributed by atoms with van der Waals surface area (Å²) in [6, 6.07) is 0. The van der Waals surface area contributed by atoms with Gasteiger partial charge in [0.2, 0.25) is 0 Å². The summed E-state index contributed by atoms with van der Waals surface area (Å²) in [5, 5.41) is 18.7. The first-order chi connectivity index (χ1) is 6.94. The molecule has 0 saturated carbocycles. The molecule has 2 saturated heterocycles. The van der Waals surface area contributed by atoms with Gasteiger partial charge < -0.3 is 24.4 Å². The van der Waals surface area contributed by atoms with Crippen molar-refractivity contribution in [1.29, 1.82) is 0 Å². The quantitative estimate of drug-likeness (QED) is 0.565. The third-order valence-corrected chi connectivity index (χ3v) is 2.58. The number of fused-ring (bicyclic) bond motifs is 1. The van der Waals surface area contributed by atoms with E-state index in [1.807, 2.05) is 0 Å². The van der Waals surface area contributed by atoms with Crippen LogP contribution in [0.5, 0.6) is 0 Å². The second-order valence-electron chi connectivity index (χ2n) is 4.21. The lowest BCUT2D eigenvalue weighted by molar-refractivity contribution is -0.250. The molecule has 4 atom stereocenters. The first kappa shape index (κ1) is 11.0. The zero-order valence-electron chi connectivity index (χ0n) is 8.54. The van der Waals surface area contributed by atoms with Gasteiger partial charge in [0, 0.05) is 0 Å². The van der Waals surface area contributed by atoms with Gasteiger partial charge in [0.25, 0.3) is 5.79 Å². The van der Waals surface area contributed by atoms with Gasteiger partial charge in [0.05, 0.1) is 6.61 Å². The van der Waals surface area contributed by atoms with E-state index in [-0.39, 0.29) is 6.61 Å². The topological polar surface area (TPSA) is 85.2 Å². The van der Waals surface area contributed by atoms with Crippen molar-refractivity contribution in [2.75, 3.05) is 6.61 Å². The van der Waals surface area contributed by atoms with Crippen molar-refractivity contribution in [3.63, 3.8) is 0 Å². The lowest BCUT2D eigenvalue weighted by Crippen LogP contribution is -2.42. The minimum absolute atomic E-state index is 0.388. The molecular weight excluding hydrogens is 204 g/mol. The molecule has 86 valence electrons. The molecule has 0 aromatic carbocycles.